The molecular weight excluding hydrogens is 289 g/mol. The molecule has 0 radical (unpaired) electrons. The lowest BCUT2D eigenvalue weighted by Gasteiger charge is -2.33. The molecule has 5 nitrogen and oxygen atoms in total. The molecule has 1 aliphatic heterocycles. The maximum absolute atomic E-state index is 13.2. The first-order valence-electron chi connectivity index (χ1n) is 7.15. The molecule has 2 rings (SSSR count). The molecule has 1 aromatic rings. The maximum atomic E-state index is 13.2. The van der Waals surface area contributed by atoms with Gasteiger partial charge in [-0.1, -0.05) is 12.1 Å². The minimum absolute atomic E-state index is 0.101. The number of carbonyl (C=O) groups is 2. The summed E-state index contributed by atoms with van der Waals surface area (Å²) in [5.74, 6) is -0.821. The predicted molar refractivity (Wildman–Crippen MR) is 78.3 cm³/mol. The topological polar surface area (TPSA) is 55.8 Å². The van der Waals surface area contributed by atoms with Crippen LogP contribution in [-0.2, 0) is 9.47 Å². The van der Waals surface area contributed by atoms with Gasteiger partial charge in [-0.15, -0.1) is 0 Å². The number of Topliss-reactive ketones (excluding diaryl/α,β-unsaturated/α-hetero) is 1. The molecule has 0 bridgehead atoms. The first kappa shape index (κ1) is 16.4. The van der Waals surface area contributed by atoms with E-state index in [0.29, 0.717) is 6.54 Å². The molecule has 22 heavy (non-hydrogen) atoms. The Labute approximate surface area is 129 Å². The summed E-state index contributed by atoms with van der Waals surface area (Å²) in [6.45, 7) is 6.04. The Morgan fingerprint density at radius 2 is 2.09 bits per heavy atom. The molecule has 1 heterocycles. The highest BCUT2D eigenvalue weighted by molar-refractivity contribution is 5.99. The molecule has 1 aliphatic rings. The van der Waals surface area contributed by atoms with Crippen molar-refractivity contribution in [2.45, 2.75) is 32.5 Å². The van der Waals surface area contributed by atoms with Crippen molar-refractivity contribution in [3.05, 3.63) is 35.6 Å². The standard InChI is InChI=1S/C16H20FNO4/c1-16(2,3)22-15(20)18-7-8-21-13(10-18)14(19)11-5-4-6-12(17)9-11/h4-6,9,13H,7-8,10H2,1-3H3/t13-/m0/s1. The highest BCUT2D eigenvalue weighted by Gasteiger charge is 2.32. The number of nitrogens with zero attached hydrogens (tertiary/aromatic N) is 1. The molecule has 0 aromatic heterocycles. The molecule has 120 valence electrons. The second kappa shape index (κ2) is 6.44. The molecule has 0 N–H and O–H groups in total. The van der Waals surface area contributed by atoms with Gasteiger partial charge < -0.3 is 14.4 Å². The monoisotopic (exact) mass is 309 g/mol. The van der Waals surface area contributed by atoms with Crippen LogP contribution in [0.3, 0.4) is 0 Å². The zero-order valence-corrected chi connectivity index (χ0v) is 13.0. The second-order valence-corrected chi connectivity index (χ2v) is 6.16. The Balaban J connectivity index is 2.04. The van der Waals surface area contributed by atoms with E-state index in [2.05, 4.69) is 0 Å². The first-order valence-corrected chi connectivity index (χ1v) is 7.15. The minimum atomic E-state index is -0.803. The third-order valence-corrected chi connectivity index (χ3v) is 3.12. The Morgan fingerprint density at radius 3 is 2.73 bits per heavy atom. The molecule has 1 atom stereocenters. The van der Waals surface area contributed by atoms with Crippen molar-refractivity contribution in [1.82, 2.24) is 4.90 Å². The highest BCUT2D eigenvalue weighted by Crippen LogP contribution is 2.16. The fourth-order valence-electron chi connectivity index (χ4n) is 2.13. The van der Waals surface area contributed by atoms with Crippen LogP contribution in [-0.4, -0.2) is 48.2 Å². The maximum Gasteiger partial charge on any atom is 0.410 e. The molecule has 1 amide bonds. The van der Waals surface area contributed by atoms with Crippen molar-refractivity contribution in [3.63, 3.8) is 0 Å². The van der Waals surface area contributed by atoms with E-state index in [1.165, 1.54) is 23.1 Å². The number of ether oxygens (including phenoxy) is 2. The van der Waals surface area contributed by atoms with E-state index < -0.39 is 23.6 Å². The molecule has 1 aromatic carbocycles. The van der Waals surface area contributed by atoms with E-state index in [0.717, 1.165) is 6.07 Å². The van der Waals surface area contributed by atoms with Crippen molar-refractivity contribution in [1.29, 1.82) is 0 Å². The lowest BCUT2D eigenvalue weighted by molar-refractivity contribution is -0.0321. The fraction of sp³-hybridized carbons (Fsp3) is 0.500. The third kappa shape index (κ3) is 4.27. The van der Waals surface area contributed by atoms with Gasteiger partial charge in [-0.3, -0.25) is 4.79 Å². The van der Waals surface area contributed by atoms with Gasteiger partial charge in [-0.2, -0.15) is 0 Å². The summed E-state index contributed by atoms with van der Waals surface area (Å²) in [6.07, 6.45) is -1.28. The number of hydrogen-bond acceptors (Lipinski definition) is 4. The van der Waals surface area contributed by atoms with Crippen molar-refractivity contribution < 1.29 is 23.5 Å². The normalized spacial score (nSPS) is 18.9. The molecule has 0 aliphatic carbocycles. The van der Waals surface area contributed by atoms with Crippen molar-refractivity contribution in [2.24, 2.45) is 0 Å². The van der Waals surface area contributed by atoms with Gasteiger partial charge in [0.2, 0.25) is 0 Å². The van der Waals surface area contributed by atoms with E-state index in [9.17, 15) is 14.0 Å². The smallest absolute Gasteiger partial charge is 0.410 e. The van der Waals surface area contributed by atoms with Gasteiger partial charge >= 0.3 is 6.09 Å². The van der Waals surface area contributed by atoms with Crippen LogP contribution in [0, 0.1) is 5.82 Å². The number of rotatable bonds is 2. The van der Waals surface area contributed by atoms with E-state index in [1.54, 1.807) is 20.8 Å². The van der Waals surface area contributed by atoms with E-state index in [1.807, 2.05) is 0 Å². The zero-order chi connectivity index (χ0) is 16.3. The molecule has 1 fully saturated rings. The van der Waals surface area contributed by atoms with Crippen molar-refractivity contribution in [2.75, 3.05) is 19.7 Å². The summed E-state index contributed by atoms with van der Waals surface area (Å²) in [5.41, 5.74) is -0.367. The molecule has 0 unspecified atom stereocenters. The van der Waals surface area contributed by atoms with Gasteiger partial charge in [0.25, 0.3) is 0 Å². The van der Waals surface area contributed by atoms with Crippen LogP contribution in [0.2, 0.25) is 0 Å². The Bertz CT molecular complexity index is 568. The average molecular weight is 309 g/mol. The second-order valence-electron chi connectivity index (χ2n) is 6.16. The molecule has 0 saturated carbocycles. The largest absolute Gasteiger partial charge is 0.444 e. The Hall–Kier alpha value is -1.95. The summed E-state index contributed by atoms with van der Waals surface area (Å²) < 4.78 is 23.9. The van der Waals surface area contributed by atoms with E-state index in [4.69, 9.17) is 9.47 Å². The van der Waals surface area contributed by atoms with Crippen LogP contribution in [0.5, 0.6) is 0 Å². The number of benzene rings is 1. The molecule has 6 heteroatoms. The number of amides is 1. The van der Waals surface area contributed by atoms with Crippen LogP contribution in [0.15, 0.2) is 24.3 Å². The first-order chi connectivity index (χ1) is 10.3. The van der Waals surface area contributed by atoms with Crippen LogP contribution in [0.25, 0.3) is 0 Å². The van der Waals surface area contributed by atoms with Gasteiger partial charge in [0, 0.05) is 12.1 Å². The van der Waals surface area contributed by atoms with Gasteiger partial charge in [0.1, 0.15) is 17.5 Å². The lowest BCUT2D eigenvalue weighted by atomic mass is 10.0. The minimum Gasteiger partial charge on any atom is -0.444 e. The number of carbonyl (C=O) groups excluding carboxylic acids is 2. The highest BCUT2D eigenvalue weighted by atomic mass is 19.1. The van der Waals surface area contributed by atoms with Gasteiger partial charge in [0.05, 0.1) is 13.2 Å². The molecule has 1 saturated heterocycles. The predicted octanol–water partition coefficient (Wildman–Crippen LogP) is 2.64. The van der Waals surface area contributed by atoms with E-state index in [-0.39, 0.29) is 24.5 Å². The van der Waals surface area contributed by atoms with Gasteiger partial charge in [0.15, 0.2) is 5.78 Å². The lowest BCUT2D eigenvalue weighted by Crippen LogP contribution is -2.50. The summed E-state index contributed by atoms with van der Waals surface area (Å²) in [6, 6.07) is 5.43. The fourth-order valence-corrected chi connectivity index (χ4v) is 2.13. The van der Waals surface area contributed by atoms with Gasteiger partial charge in [-0.05, 0) is 32.9 Å². The van der Waals surface area contributed by atoms with Crippen LogP contribution in [0.4, 0.5) is 9.18 Å². The van der Waals surface area contributed by atoms with Crippen LogP contribution >= 0.6 is 0 Å². The van der Waals surface area contributed by atoms with Crippen LogP contribution < -0.4 is 0 Å². The molecular formula is C16H20FNO4. The van der Waals surface area contributed by atoms with Crippen molar-refractivity contribution in [3.8, 4) is 0 Å². The molecule has 0 spiro atoms. The SMILES string of the molecule is CC(C)(C)OC(=O)N1CCO[C@H](C(=O)c2cccc(F)c2)C1. The Morgan fingerprint density at radius 1 is 1.36 bits per heavy atom. The zero-order valence-electron chi connectivity index (χ0n) is 13.0. The Kier molecular flexibility index (Phi) is 4.81. The summed E-state index contributed by atoms with van der Waals surface area (Å²) in [5, 5.41) is 0. The van der Waals surface area contributed by atoms with Crippen molar-refractivity contribution >= 4 is 11.9 Å². The summed E-state index contributed by atoms with van der Waals surface area (Å²) in [7, 11) is 0. The van der Waals surface area contributed by atoms with Crippen LogP contribution in [0.1, 0.15) is 31.1 Å². The average Bonchev–Trinajstić information content (AvgIpc) is 2.45. The number of morpholine rings is 1. The third-order valence-electron chi connectivity index (χ3n) is 3.12. The summed E-state index contributed by atoms with van der Waals surface area (Å²) in [4.78, 5) is 25.8. The number of hydrogen-bond donors (Lipinski definition) is 0. The number of halogens is 1. The van der Waals surface area contributed by atoms with Gasteiger partial charge in [-0.25, -0.2) is 9.18 Å². The number of ketones is 1. The van der Waals surface area contributed by atoms with E-state index >= 15 is 0 Å². The quantitative estimate of drug-likeness (QED) is 0.788. The summed E-state index contributed by atoms with van der Waals surface area (Å²) >= 11 is 0.